The first-order valence-electron chi connectivity index (χ1n) is 33.1. The average molecular weight is 1340 g/mol. The fourth-order valence-corrected chi connectivity index (χ4v) is 12.9. The molecule has 7 rings (SSSR count). The Morgan fingerprint density at radius 3 is 1.59 bits per heavy atom. The summed E-state index contributed by atoms with van der Waals surface area (Å²) in [6, 6.07) is 14.1. The lowest BCUT2D eigenvalue weighted by Gasteiger charge is -2.49. The molecule has 0 spiro atoms. The Labute approximate surface area is 556 Å². The summed E-state index contributed by atoms with van der Waals surface area (Å²) >= 11 is 13.5. The minimum absolute atomic E-state index is 0.105. The highest BCUT2D eigenvalue weighted by Crippen LogP contribution is 2.47. The highest BCUT2D eigenvalue weighted by atomic mass is 35.5. The van der Waals surface area contributed by atoms with Crippen molar-refractivity contribution in [1.29, 1.82) is 0 Å². The van der Waals surface area contributed by atoms with Gasteiger partial charge < -0.3 is 30.7 Å². The van der Waals surface area contributed by atoms with Gasteiger partial charge in [-0.1, -0.05) is 208 Å². The fourth-order valence-electron chi connectivity index (χ4n) is 11.6. The molecule has 21 nitrogen and oxygen atoms in total. The quantitative estimate of drug-likeness (QED) is 0.0200. The minimum atomic E-state index is -3.55. The van der Waals surface area contributed by atoms with Crippen LogP contribution in [0.3, 0.4) is 0 Å². The molecule has 7 N–H and O–H groups in total. The molecule has 1 aliphatic rings. The van der Waals surface area contributed by atoms with E-state index in [9.17, 15) is 27.6 Å². The number of nitrogens with one attached hydrogen (secondary N) is 7. The zero-order valence-corrected chi connectivity index (χ0v) is 59.9. The summed E-state index contributed by atoms with van der Waals surface area (Å²) < 4.78 is 41.6. The molecule has 4 amide bonds. The van der Waals surface area contributed by atoms with Gasteiger partial charge >= 0.3 is 0 Å². The van der Waals surface area contributed by atoms with Gasteiger partial charge in [-0.25, -0.2) is 22.2 Å². The molecular formula is C68H105Cl2N13O8S. The number of ether oxygens (including phenoxy) is 2. The monoisotopic (exact) mass is 1330 g/mol. The van der Waals surface area contributed by atoms with E-state index < -0.39 is 56.6 Å². The number of anilines is 2. The molecule has 1 saturated carbocycles. The molecule has 92 heavy (non-hydrogen) atoms. The summed E-state index contributed by atoms with van der Waals surface area (Å²) in [5, 5.41) is 38.3. The molecule has 1 fully saturated rings. The highest BCUT2D eigenvalue weighted by Gasteiger charge is 2.53. The molecule has 4 heterocycles. The highest BCUT2D eigenvalue weighted by molar-refractivity contribution is 7.88. The number of fused-ring (bicyclic) bond motifs is 2. The maximum Gasteiger partial charge on any atom is 0.261 e. The van der Waals surface area contributed by atoms with Crippen LogP contribution in [0.4, 0.5) is 11.4 Å². The van der Waals surface area contributed by atoms with Gasteiger partial charge in [-0.2, -0.15) is 0 Å². The third kappa shape index (κ3) is 18.8. The maximum atomic E-state index is 14.3. The molecule has 6 aromatic rings. The van der Waals surface area contributed by atoms with Crippen LogP contribution >= 0.6 is 23.2 Å². The van der Waals surface area contributed by atoms with Gasteiger partial charge in [0.1, 0.15) is 21.5 Å². The van der Waals surface area contributed by atoms with Crippen molar-refractivity contribution in [1.82, 2.24) is 55.0 Å². The Balaban J connectivity index is 0.000000292. The first-order chi connectivity index (χ1) is 43.1. The van der Waals surface area contributed by atoms with Crippen molar-refractivity contribution >= 4 is 79.5 Å². The number of aromatic nitrogens is 8. The number of carbonyl (C=O) groups is 4. The summed E-state index contributed by atoms with van der Waals surface area (Å²) in [7, 11) is -3.55. The molecule has 24 heteroatoms. The van der Waals surface area contributed by atoms with Gasteiger partial charge in [0.15, 0.2) is 35.2 Å². The van der Waals surface area contributed by atoms with Crippen LogP contribution < -0.4 is 35.5 Å². The lowest BCUT2D eigenvalue weighted by atomic mass is 9.62. The summed E-state index contributed by atoms with van der Waals surface area (Å²) in [5.41, 5.74) is 0.622. The van der Waals surface area contributed by atoms with E-state index in [4.69, 9.17) is 32.7 Å². The Kier molecular flexibility index (Phi) is 25.9. The zero-order valence-electron chi connectivity index (χ0n) is 57.5. The van der Waals surface area contributed by atoms with Gasteiger partial charge in [0.25, 0.3) is 11.8 Å². The van der Waals surface area contributed by atoms with Crippen molar-refractivity contribution in [3.63, 3.8) is 0 Å². The Bertz CT molecular complexity index is 3560. The molecule has 0 radical (unpaired) electrons. The predicted octanol–water partition coefficient (Wildman–Crippen LogP) is 14.1. The topological polar surface area (TPSA) is 273 Å². The van der Waals surface area contributed by atoms with Crippen molar-refractivity contribution in [2.45, 2.75) is 271 Å². The molecule has 4 unspecified atom stereocenters. The largest absolute Gasteiger partial charge is 0.478 e. The Morgan fingerprint density at radius 1 is 0.620 bits per heavy atom. The normalized spacial score (nSPS) is 17.2. The number of hydrogen-bond acceptors (Lipinski definition) is 12. The van der Waals surface area contributed by atoms with E-state index >= 15 is 0 Å². The molecule has 0 bridgehead atoms. The van der Waals surface area contributed by atoms with E-state index in [1.165, 1.54) is 25.7 Å². The second-order valence-corrected chi connectivity index (χ2v) is 31.0. The van der Waals surface area contributed by atoms with Crippen LogP contribution in [-0.2, 0) is 50.9 Å². The number of para-hydroxylation sites is 4. The number of benzene rings is 2. The lowest BCUT2D eigenvalue weighted by Crippen LogP contribution is -2.63. The van der Waals surface area contributed by atoms with Crippen molar-refractivity contribution in [2.24, 2.45) is 0 Å². The fraction of sp³-hybridized carbons (Fsp3) is 0.647. The maximum absolute atomic E-state index is 14.3. The summed E-state index contributed by atoms with van der Waals surface area (Å²) in [5.74, 6) is 1.04. The van der Waals surface area contributed by atoms with Crippen molar-refractivity contribution in [3.8, 4) is 11.5 Å². The standard InChI is InChI=1S/C35H53ClN6O3.C33H52ClN7O5S/c1-8-10-11-12-13-14-21-26(45-25-20-16-15-19-24(25)37-27(43)9-2)31(44)38-35(7)23-18-17-22-34(35,6)32-40-39-30-28(36)29(33(3,4)5)41-42(30)32;1-10-11-12-13-14-15-20-24(46-23-19-17-16-18-22(23)36-25(42)21-35-47(9,44)45)29(43)37-33(7,8)32(5,6)30-39-38-28-26(34)27(31(2,3)4)40-41(28)30/h15-16,19-20,26,41H,8-14,17-18,21-23H2,1-7H3,(H,37,43)(H,38,44);16-19,24,35,40H,10-15,20-21H2,1-9H3,(H,36,42)(H,37,43). The van der Waals surface area contributed by atoms with E-state index in [1.54, 1.807) is 28.8 Å². The van der Waals surface area contributed by atoms with Crippen molar-refractivity contribution < 1.29 is 37.1 Å². The van der Waals surface area contributed by atoms with Crippen LogP contribution in [0.5, 0.6) is 11.5 Å². The Morgan fingerprint density at radius 2 is 1.08 bits per heavy atom. The van der Waals surface area contributed by atoms with Gasteiger partial charge in [0.2, 0.25) is 21.8 Å². The number of nitrogens with zero attached hydrogens (tertiary/aromatic N) is 6. The number of unbranched alkanes of at least 4 members (excludes halogenated alkanes) is 10. The summed E-state index contributed by atoms with van der Waals surface area (Å²) in [6.45, 7) is 30.4. The molecule has 510 valence electrons. The van der Waals surface area contributed by atoms with Crippen LogP contribution in [0.1, 0.15) is 249 Å². The van der Waals surface area contributed by atoms with Crippen LogP contribution in [0.15, 0.2) is 48.5 Å². The molecule has 1 aliphatic carbocycles. The molecule has 4 aromatic heterocycles. The van der Waals surface area contributed by atoms with Crippen LogP contribution in [0.2, 0.25) is 10.0 Å². The van der Waals surface area contributed by atoms with Gasteiger partial charge in [-0.15, -0.1) is 20.4 Å². The number of amides is 4. The summed E-state index contributed by atoms with van der Waals surface area (Å²) in [6.07, 6.45) is 17.3. The first-order valence-corrected chi connectivity index (χ1v) is 35.7. The zero-order chi connectivity index (χ0) is 68.0. The third-order valence-corrected chi connectivity index (χ3v) is 19.7. The predicted molar refractivity (Wildman–Crippen MR) is 368 cm³/mol. The van der Waals surface area contributed by atoms with E-state index in [0.717, 1.165) is 101 Å². The molecule has 0 saturated heterocycles. The average Bonchev–Trinajstić information content (AvgIpc) is 1.52. The summed E-state index contributed by atoms with van der Waals surface area (Å²) in [4.78, 5) is 53.1. The van der Waals surface area contributed by atoms with Crippen LogP contribution in [0, 0.1) is 0 Å². The number of aromatic amines is 2. The second kappa shape index (κ2) is 31.8. The van der Waals surface area contributed by atoms with E-state index in [0.29, 0.717) is 69.3 Å². The van der Waals surface area contributed by atoms with E-state index in [-0.39, 0.29) is 28.6 Å². The van der Waals surface area contributed by atoms with E-state index in [1.807, 2.05) is 63.4 Å². The number of hydrogen-bond donors (Lipinski definition) is 7. The molecule has 0 aliphatic heterocycles. The number of sulfonamides is 1. The van der Waals surface area contributed by atoms with Gasteiger partial charge in [0, 0.05) is 33.7 Å². The van der Waals surface area contributed by atoms with Gasteiger partial charge in [-0.3, -0.25) is 29.4 Å². The third-order valence-electron chi connectivity index (χ3n) is 18.3. The van der Waals surface area contributed by atoms with Crippen LogP contribution in [-0.4, -0.2) is 108 Å². The minimum Gasteiger partial charge on any atom is -0.478 e. The van der Waals surface area contributed by atoms with Crippen molar-refractivity contribution in [3.05, 3.63) is 81.6 Å². The molecular weight excluding hydrogens is 1230 g/mol. The van der Waals surface area contributed by atoms with Crippen LogP contribution in [0.25, 0.3) is 11.3 Å². The SMILES string of the molecule is CCCCCCCCC(Oc1ccccc1NC(=O)CC)C(=O)NC1(C)CCCCC1(C)c1nnc2c(Cl)c(C(C)(C)C)[nH]n12.CCCCCCCCC(Oc1ccccc1NC(=O)CNS(C)(=O)=O)C(=O)NC(C)(C)C(C)(C)c1nnc2c(Cl)c(C(C)(C)C)[nH]n12. The second-order valence-electron chi connectivity index (χ2n) is 28.4. The van der Waals surface area contributed by atoms with E-state index in [2.05, 4.69) is 126 Å². The molecule has 2 aromatic carbocycles. The first kappa shape index (κ1) is 74.8. The lowest BCUT2D eigenvalue weighted by molar-refractivity contribution is -0.132. The number of halogens is 2. The number of rotatable bonds is 31. The molecule has 4 atom stereocenters. The Hall–Kier alpha value is -6.23. The van der Waals surface area contributed by atoms with Gasteiger partial charge in [-0.05, 0) is 83.6 Å². The van der Waals surface area contributed by atoms with Gasteiger partial charge in [0.05, 0.1) is 41.0 Å². The number of carbonyl (C=O) groups excluding carboxylic acids is 4. The number of H-pyrrole nitrogens is 2. The van der Waals surface area contributed by atoms with Crippen molar-refractivity contribution in [2.75, 3.05) is 23.4 Å². The smallest absolute Gasteiger partial charge is 0.261 e.